The summed E-state index contributed by atoms with van der Waals surface area (Å²) >= 11 is 0. The predicted octanol–water partition coefficient (Wildman–Crippen LogP) is 1.95. The normalized spacial score (nSPS) is 19.3. The van der Waals surface area contributed by atoms with Crippen molar-refractivity contribution in [1.29, 1.82) is 0 Å². The lowest BCUT2D eigenvalue weighted by atomic mass is 10.2. The summed E-state index contributed by atoms with van der Waals surface area (Å²) in [6.07, 6.45) is 1.84. The first-order valence-electron chi connectivity index (χ1n) is 7.99. The Hall–Kier alpha value is -0.630. The van der Waals surface area contributed by atoms with Crippen molar-refractivity contribution in [3.63, 3.8) is 0 Å². The second-order valence-corrected chi connectivity index (χ2v) is 8.37. The molecule has 8 heteroatoms. The first-order chi connectivity index (χ1) is 10.3. The third-order valence-electron chi connectivity index (χ3n) is 4.18. The maximum absolute atomic E-state index is 13.1. The molecule has 134 valence electrons. The SMILES string of the molecule is CNCC1CCCN1S(=O)(=O)c1c(C)nn(CC(C)C)c1C.Cl. The number of rotatable bonds is 6. The molecule has 0 bridgehead atoms. The van der Waals surface area contributed by atoms with Crippen LogP contribution in [0, 0.1) is 19.8 Å². The van der Waals surface area contributed by atoms with E-state index in [1.807, 2.05) is 18.7 Å². The zero-order valence-electron chi connectivity index (χ0n) is 14.7. The first kappa shape index (κ1) is 20.4. The van der Waals surface area contributed by atoms with Crippen molar-refractivity contribution >= 4 is 22.4 Å². The molecule has 6 nitrogen and oxygen atoms in total. The maximum Gasteiger partial charge on any atom is 0.247 e. The molecule has 1 aliphatic rings. The second-order valence-electron chi connectivity index (χ2n) is 6.55. The summed E-state index contributed by atoms with van der Waals surface area (Å²) in [5.41, 5.74) is 1.36. The van der Waals surface area contributed by atoms with Gasteiger partial charge in [0.05, 0.1) is 11.4 Å². The van der Waals surface area contributed by atoms with Crippen molar-refractivity contribution in [2.75, 3.05) is 20.1 Å². The standard InChI is InChI=1S/C15H28N4O2S.ClH/c1-11(2)10-18-13(4)15(12(3)17-18)22(20,21)19-8-6-7-14(19)9-16-5;/h11,14,16H,6-10H2,1-5H3;1H. The molecule has 1 N–H and O–H groups in total. The molecular weight excluding hydrogens is 336 g/mol. The van der Waals surface area contributed by atoms with E-state index in [1.165, 1.54) is 0 Å². The number of aryl methyl sites for hydroxylation is 1. The summed E-state index contributed by atoms with van der Waals surface area (Å²) in [7, 11) is -1.61. The molecule has 1 unspecified atom stereocenters. The van der Waals surface area contributed by atoms with Gasteiger partial charge in [-0.25, -0.2) is 8.42 Å². The van der Waals surface area contributed by atoms with Crippen molar-refractivity contribution in [2.24, 2.45) is 5.92 Å². The van der Waals surface area contributed by atoms with Crippen molar-refractivity contribution < 1.29 is 8.42 Å². The number of nitrogens with zero attached hydrogens (tertiary/aromatic N) is 3. The molecule has 1 aromatic heterocycles. The fraction of sp³-hybridized carbons (Fsp3) is 0.800. The van der Waals surface area contributed by atoms with Gasteiger partial charge in [-0.2, -0.15) is 9.40 Å². The van der Waals surface area contributed by atoms with Gasteiger partial charge in [-0.15, -0.1) is 12.4 Å². The number of halogens is 1. The van der Waals surface area contributed by atoms with Gasteiger partial charge in [0.1, 0.15) is 4.90 Å². The fourth-order valence-electron chi connectivity index (χ4n) is 3.26. The molecular formula is C15H29ClN4O2S. The number of sulfonamides is 1. The molecule has 2 rings (SSSR count). The molecule has 1 saturated heterocycles. The van der Waals surface area contributed by atoms with Crippen LogP contribution in [-0.2, 0) is 16.6 Å². The van der Waals surface area contributed by atoms with Gasteiger partial charge in [0, 0.05) is 25.7 Å². The van der Waals surface area contributed by atoms with Gasteiger partial charge in [0.25, 0.3) is 0 Å². The lowest BCUT2D eigenvalue weighted by molar-refractivity contribution is 0.378. The van der Waals surface area contributed by atoms with E-state index in [2.05, 4.69) is 24.3 Å². The van der Waals surface area contributed by atoms with E-state index in [9.17, 15) is 8.42 Å². The van der Waals surface area contributed by atoms with Crippen molar-refractivity contribution in [1.82, 2.24) is 19.4 Å². The Kier molecular flexibility index (Phi) is 7.07. The van der Waals surface area contributed by atoms with Gasteiger partial charge >= 0.3 is 0 Å². The largest absolute Gasteiger partial charge is 0.318 e. The van der Waals surface area contributed by atoms with Gasteiger partial charge in [-0.1, -0.05) is 13.8 Å². The molecule has 0 spiro atoms. The zero-order chi connectivity index (χ0) is 16.5. The van der Waals surface area contributed by atoms with Crippen molar-refractivity contribution in [2.45, 2.75) is 58.0 Å². The molecule has 0 saturated carbocycles. The molecule has 0 amide bonds. The molecule has 0 radical (unpaired) electrons. The van der Waals surface area contributed by atoms with E-state index in [0.29, 0.717) is 29.6 Å². The summed E-state index contributed by atoms with van der Waals surface area (Å²) in [5, 5.41) is 7.55. The van der Waals surface area contributed by atoms with Crippen LogP contribution in [0.3, 0.4) is 0 Å². The van der Waals surface area contributed by atoms with Crippen LogP contribution in [0.15, 0.2) is 4.90 Å². The van der Waals surface area contributed by atoms with E-state index in [0.717, 1.165) is 25.1 Å². The van der Waals surface area contributed by atoms with Crippen LogP contribution in [0.25, 0.3) is 0 Å². The van der Waals surface area contributed by atoms with Gasteiger partial charge in [-0.05, 0) is 39.7 Å². The fourth-order valence-corrected chi connectivity index (χ4v) is 5.33. The Morgan fingerprint density at radius 1 is 1.35 bits per heavy atom. The van der Waals surface area contributed by atoms with Gasteiger partial charge in [-0.3, -0.25) is 4.68 Å². The smallest absolute Gasteiger partial charge is 0.247 e. The van der Waals surface area contributed by atoms with Crippen LogP contribution in [-0.4, -0.2) is 48.7 Å². The minimum atomic E-state index is -3.48. The quantitative estimate of drug-likeness (QED) is 0.837. The van der Waals surface area contributed by atoms with Crippen LogP contribution in [0.4, 0.5) is 0 Å². The highest BCUT2D eigenvalue weighted by molar-refractivity contribution is 7.89. The number of likely N-dealkylation sites (N-methyl/N-ethyl adjacent to an activating group) is 1. The van der Waals surface area contributed by atoms with Gasteiger partial charge in [0.15, 0.2) is 0 Å². The molecule has 23 heavy (non-hydrogen) atoms. The Bertz CT molecular complexity index is 628. The average molecular weight is 365 g/mol. The van der Waals surface area contributed by atoms with Crippen LogP contribution >= 0.6 is 12.4 Å². The molecule has 1 atom stereocenters. The molecule has 0 aliphatic carbocycles. The number of hydrogen-bond donors (Lipinski definition) is 1. The summed E-state index contributed by atoms with van der Waals surface area (Å²) in [6.45, 7) is 9.89. The third kappa shape index (κ3) is 4.07. The summed E-state index contributed by atoms with van der Waals surface area (Å²) < 4.78 is 29.7. The number of hydrogen-bond acceptors (Lipinski definition) is 4. The highest BCUT2D eigenvalue weighted by atomic mass is 35.5. The Morgan fingerprint density at radius 2 is 2.00 bits per heavy atom. The van der Waals surface area contributed by atoms with E-state index in [1.54, 1.807) is 11.2 Å². The number of aromatic nitrogens is 2. The molecule has 1 fully saturated rings. The summed E-state index contributed by atoms with van der Waals surface area (Å²) in [4.78, 5) is 0.399. The third-order valence-corrected chi connectivity index (χ3v) is 6.39. The second kappa shape index (κ2) is 7.96. The Balaban J connectivity index is 0.00000264. The maximum atomic E-state index is 13.1. The zero-order valence-corrected chi connectivity index (χ0v) is 16.3. The van der Waals surface area contributed by atoms with Gasteiger partial charge in [0.2, 0.25) is 10.0 Å². The van der Waals surface area contributed by atoms with E-state index in [4.69, 9.17) is 0 Å². The summed E-state index contributed by atoms with van der Waals surface area (Å²) in [6, 6.07) is 0.0437. The Morgan fingerprint density at radius 3 is 2.57 bits per heavy atom. The van der Waals surface area contributed by atoms with E-state index < -0.39 is 10.0 Å². The molecule has 0 aromatic carbocycles. The monoisotopic (exact) mass is 364 g/mol. The van der Waals surface area contributed by atoms with Crippen LogP contribution < -0.4 is 5.32 Å². The number of nitrogens with one attached hydrogen (secondary N) is 1. The highest BCUT2D eigenvalue weighted by Crippen LogP contribution is 2.29. The van der Waals surface area contributed by atoms with Crippen LogP contribution in [0.1, 0.15) is 38.1 Å². The molecule has 1 aromatic rings. The van der Waals surface area contributed by atoms with Gasteiger partial charge < -0.3 is 5.32 Å². The average Bonchev–Trinajstić information content (AvgIpc) is 2.96. The van der Waals surface area contributed by atoms with Crippen molar-refractivity contribution in [3.05, 3.63) is 11.4 Å². The molecule has 2 heterocycles. The van der Waals surface area contributed by atoms with E-state index >= 15 is 0 Å². The first-order valence-corrected chi connectivity index (χ1v) is 9.43. The minimum absolute atomic E-state index is 0. The highest BCUT2D eigenvalue weighted by Gasteiger charge is 2.38. The summed E-state index contributed by atoms with van der Waals surface area (Å²) in [5.74, 6) is 0.428. The topological polar surface area (TPSA) is 67.2 Å². The van der Waals surface area contributed by atoms with Crippen molar-refractivity contribution in [3.8, 4) is 0 Å². The lowest BCUT2D eigenvalue weighted by Gasteiger charge is -2.24. The molecule has 1 aliphatic heterocycles. The lowest BCUT2D eigenvalue weighted by Crippen LogP contribution is -2.41. The minimum Gasteiger partial charge on any atom is -0.318 e. The predicted molar refractivity (Wildman–Crippen MR) is 94.6 cm³/mol. The van der Waals surface area contributed by atoms with E-state index in [-0.39, 0.29) is 18.4 Å². The Labute approximate surface area is 146 Å². The van der Waals surface area contributed by atoms with Crippen LogP contribution in [0.2, 0.25) is 0 Å². The van der Waals surface area contributed by atoms with Crippen LogP contribution in [0.5, 0.6) is 0 Å².